The first kappa shape index (κ1) is 14.6. The molecule has 3 heterocycles. The highest BCUT2D eigenvalue weighted by molar-refractivity contribution is 5.55. The summed E-state index contributed by atoms with van der Waals surface area (Å²) in [6.45, 7) is 1.15. The van der Waals surface area contributed by atoms with Crippen molar-refractivity contribution in [3.05, 3.63) is 60.0 Å². The van der Waals surface area contributed by atoms with Gasteiger partial charge in [0.15, 0.2) is 5.82 Å². The molecule has 0 radical (unpaired) electrons. The van der Waals surface area contributed by atoms with Gasteiger partial charge in [-0.25, -0.2) is 4.98 Å². The van der Waals surface area contributed by atoms with Gasteiger partial charge in [0.2, 0.25) is 0 Å². The molecule has 1 aromatic carbocycles. The van der Waals surface area contributed by atoms with Gasteiger partial charge in [0.05, 0.1) is 5.56 Å². The molecule has 2 fully saturated rings. The third-order valence-electron chi connectivity index (χ3n) is 5.37. The van der Waals surface area contributed by atoms with Crippen LogP contribution in [0.3, 0.4) is 0 Å². The Morgan fingerprint density at radius 2 is 2.00 bits per heavy atom. The Morgan fingerprint density at radius 3 is 2.72 bits per heavy atom. The average Bonchev–Trinajstić information content (AvgIpc) is 3.40. The molecule has 3 aromatic rings. The Labute approximate surface area is 146 Å². The van der Waals surface area contributed by atoms with Crippen LogP contribution in [0.5, 0.6) is 0 Å². The van der Waals surface area contributed by atoms with E-state index in [1.165, 1.54) is 24.8 Å². The molecule has 0 N–H and O–H groups in total. The standard InChI is InChI=1S/C20H20N4O/c1-2-4-14(5-3-1)11-18-22-20(25-23-18)16-7-9-19(21-12-16)24-13-15-6-8-17(24)10-15/h1-5,7,9,12,15,17H,6,8,10-11,13H2/t15-,17-/m0/s1. The summed E-state index contributed by atoms with van der Waals surface area (Å²) in [5.74, 6) is 3.16. The van der Waals surface area contributed by atoms with E-state index in [2.05, 4.69) is 38.2 Å². The van der Waals surface area contributed by atoms with Crippen molar-refractivity contribution in [3.8, 4) is 11.5 Å². The normalized spacial score (nSPS) is 21.8. The highest BCUT2D eigenvalue weighted by Gasteiger charge is 2.38. The van der Waals surface area contributed by atoms with Crippen LogP contribution in [-0.4, -0.2) is 27.7 Å². The number of benzene rings is 1. The predicted molar refractivity (Wildman–Crippen MR) is 95.3 cm³/mol. The molecule has 0 amide bonds. The molecule has 1 saturated heterocycles. The second kappa shape index (κ2) is 5.99. The highest BCUT2D eigenvalue weighted by atomic mass is 16.5. The SMILES string of the molecule is c1ccc(Cc2noc(-c3ccc(N4C[C@H]5CC[C@H]4C5)nc3)n2)cc1. The molecule has 1 aliphatic carbocycles. The first-order valence-corrected chi connectivity index (χ1v) is 8.95. The Morgan fingerprint density at radius 1 is 1.08 bits per heavy atom. The maximum Gasteiger partial charge on any atom is 0.259 e. The third-order valence-corrected chi connectivity index (χ3v) is 5.37. The maximum atomic E-state index is 5.42. The van der Waals surface area contributed by atoms with E-state index in [1.54, 1.807) is 0 Å². The first-order chi connectivity index (χ1) is 12.3. The summed E-state index contributed by atoms with van der Waals surface area (Å²) >= 11 is 0. The third kappa shape index (κ3) is 2.80. The molecule has 2 bridgehead atoms. The topological polar surface area (TPSA) is 55.1 Å². The first-order valence-electron chi connectivity index (χ1n) is 8.95. The van der Waals surface area contributed by atoms with Crippen LogP contribution < -0.4 is 4.90 Å². The fraction of sp³-hybridized carbons (Fsp3) is 0.350. The van der Waals surface area contributed by atoms with Crippen LogP contribution >= 0.6 is 0 Å². The molecule has 25 heavy (non-hydrogen) atoms. The molecule has 126 valence electrons. The van der Waals surface area contributed by atoms with E-state index < -0.39 is 0 Å². The summed E-state index contributed by atoms with van der Waals surface area (Å²) < 4.78 is 5.42. The minimum absolute atomic E-state index is 0.535. The van der Waals surface area contributed by atoms with Gasteiger partial charge in [-0.05, 0) is 42.9 Å². The van der Waals surface area contributed by atoms with E-state index >= 15 is 0 Å². The van der Waals surface area contributed by atoms with Gasteiger partial charge in [-0.15, -0.1) is 0 Å². The van der Waals surface area contributed by atoms with Crippen molar-refractivity contribution in [3.63, 3.8) is 0 Å². The van der Waals surface area contributed by atoms with Gasteiger partial charge in [-0.3, -0.25) is 0 Å². The number of hydrogen-bond acceptors (Lipinski definition) is 5. The van der Waals surface area contributed by atoms with Crippen molar-refractivity contribution >= 4 is 5.82 Å². The van der Waals surface area contributed by atoms with Crippen molar-refractivity contribution in [2.24, 2.45) is 5.92 Å². The molecule has 2 aromatic heterocycles. The number of piperidine rings is 1. The fourth-order valence-corrected chi connectivity index (χ4v) is 4.11. The Kier molecular flexibility index (Phi) is 3.51. The van der Waals surface area contributed by atoms with Crippen molar-refractivity contribution in [1.82, 2.24) is 15.1 Å². The lowest BCUT2D eigenvalue weighted by atomic mass is 10.1. The zero-order valence-electron chi connectivity index (χ0n) is 14.0. The van der Waals surface area contributed by atoms with Crippen LogP contribution in [-0.2, 0) is 6.42 Å². The number of hydrogen-bond donors (Lipinski definition) is 0. The number of rotatable bonds is 4. The van der Waals surface area contributed by atoms with Crippen LogP contribution in [0.1, 0.15) is 30.7 Å². The lowest BCUT2D eigenvalue weighted by Gasteiger charge is -2.27. The van der Waals surface area contributed by atoms with Crippen LogP contribution in [0.15, 0.2) is 53.2 Å². The van der Waals surface area contributed by atoms with E-state index in [1.807, 2.05) is 30.5 Å². The van der Waals surface area contributed by atoms with Crippen molar-refractivity contribution < 1.29 is 4.52 Å². The molecule has 5 heteroatoms. The van der Waals surface area contributed by atoms with Crippen molar-refractivity contribution in [2.45, 2.75) is 31.7 Å². The average molecular weight is 332 g/mol. The van der Waals surface area contributed by atoms with E-state index in [0.29, 0.717) is 24.2 Å². The highest BCUT2D eigenvalue weighted by Crippen LogP contribution is 2.39. The second-order valence-corrected chi connectivity index (χ2v) is 7.07. The smallest absolute Gasteiger partial charge is 0.259 e. The van der Waals surface area contributed by atoms with Crippen LogP contribution in [0.25, 0.3) is 11.5 Å². The summed E-state index contributed by atoms with van der Waals surface area (Å²) in [7, 11) is 0. The monoisotopic (exact) mass is 332 g/mol. The largest absolute Gasteiger partial charge is 0.353 e. The number of nitrogens with zero attached hydrogens (tertiary/aromatic N) is 4. The molecular formula is C20H20N4O. The van der Waals surface area contributed by atoms with Crippen LogP contribution in [0.4, 0.5) is 5.82 Å². The quantitative estimate of drug-likeness (QED) is 0.729. The molecule has 5 nitrogen and oxygen atoms in total. The molecule has 2 aliphatic rings. The molecule has 1 saturated carbocycles. The minimum atomic E-state index is 0.535. The number of pyridine rings is 1. The molecule has 5 rings (SSSR count). The van der Waals surface area contributed by atoms with Crippen molar-refractivity contribution in [2.75, 3.05) is 11.4 Å². The predicted octanol–water partition coefficient (Wildman–Crippen LogP) is 3.71. The van der Waals surface area contributed by atoms with Gasteiger partial charge in [-0.1, -0.05) is 35.5 Å². The maximum absolute atomic E-state index is 5.42. The summed E-state index contributed by atoms with van der Waals surface area (Å²) in [6.07, 6.45) is 6.54. The second-order valence-electron chi connectivity index (χ2n) is 7.07. The van der Waals surface area contributed by atoms with Gasteiger partial charge in [0.25, 0.3) is 5.89 Å². The summed E-state index contributed by atoms with van der Waals surface area (Å²) in [6, 6.07) is 15.0. The van der Waals surface area contributed by atoms with Gasteiger partial charge in [-0.2, -0.15) is 4.98 Å². The molecule has 0 unspecified atom stereocenters. The molecular weight excluding hydrogens is 312 g/mol. The lowest BCUT2D eigenvalue weighted by Crippen LogP contribution is -2.32. The summed E-state index contributed by atoms with van der Waals surface area (Å²) in [5.41, 5.74) is 2.05. The summed E-state index contributed by atoms with van der Waals surface area (Å²) in [4.78, 5) is 11.6. The van der Waals surface area contributed by atoms with Gasteiger partial charge >= 0.3 is 0 Å². The zero-order chi connectivity index (χ0) is 16.6. The Balaban J connectivity index is 1.32. The Hall–Kier alpha value is -2.69. The number of aromatic nitrogens is 3. The van der Waals surface area contributed by atoms with E-state index in [-0.39, 0.29) is 0 Å². The van der Waals surface area contributed by atoms with Gasteiger partial charge < -0.3 is 9.42 Å². The minimum Gasteiger partial charge on any atom is -0.353 e. The van der Waals surface area contributed by atoms with Crippen LogP contribution in [0, 0.1) is 5.92 Å². The lowest BCUT2D eigenvalue weighted by molar-refractivity contribution is 0.424. The fourth-order valence-electron chi connectivity index (χ4n) is 4.11. The van der Waals surface area contributed by atoms with E-state index in [9.17, 15) is 0 Å². The molecule has 0 spiro atoms. The zero-order valence-corrected chi connectivity index (χ0v) is 14.0. The number of fused-ring (bicyclic) bond motifs is 2. The number of anilines is 1. The summed E-state index contributed by atoms with van der Waals surface area (Å²) in [5, 5.41) is 4.09. The van der Waals surface area contributed by atoms with Gasteiger partial charge in [0, 0.05) is 25.2 Å². The van der Waals surface area contributed by atoms with E-state index in [0.717, 1.165) is 23.8 Å². The van der Waals surface area contributed by atoms with Gasteiger partial charge in [0.1, 0.15) is 5.82 Å². The van der Waals surface area contributed by atoms with Crippen molar-refractivity contribution in [1.29, 1.82) is 0 Å². The van der Waals surface area contributed by atoms with Crippen LogP contribution in [0.2, 0.25) is 0 Å². The van der Waals surface area contributed by atoms with E-state index in [4.69, 9.17) is 4.52 Å². The Bertz CT molecular complexity index is 859. The molecule has 1 aliphatic heterocycles. The molecule has 2 atom stereocenters.